The highest BCUT2D eigenvalue weighted by Gasteiger charge is 2.19. The normalized spacial score (nSPS) is 11.3. The van der Waals surface area contributed by atoms with Crippen LogP contribution in [0.4, 0.5) is 0 Å². The summed E-state index contributed by atoms with van der Waals surface area (Å²) in [6.45, 7) is 4.58. The highest BCUT2D eigenvalue weighted by molar-refractivity contribution is 9.10. The van der Waals surface area contributed by atoms with Crippen LogP contribution in [0.15, 0.2) is 22.7 Å². The molecular formula is C13H19BrN2O2. The molecule has 5 heteroatoms. The van der Waals surface area contributed by atoms with Gasteiger partial charge in [0.2, 0.25) is 5.91 Å². The van der Waals surface area contributed by atoms with Crippen LogP contribution in [-0.2, 0) is 11.3 Å². The number of methoxy groups -OCH3 is 1. The molecule has 0 bridgehead atoms. The van der Waals surface area contributed by atoms with Gasteiger partial charge in [-0.2, -0.15) is 0 Å². The van der Waals surface area contributed by atoms with Crippen LogP contribution in [0, 0.1) is 0 Å². The zero-order chi connectivity index (χ0) is 13.8. The maximum Gasteiger partial charge on any atom is 0.219 e. The van der Waals surface area contributed by atoms with E-state index in [9.17, 15) is 4.79 Å². The minimum Gasteiger partial charge on any atom is -0.496 e. The smallest absolute Gasteiger partial charge is 0.219 e. The van der Waals surface area contributed by atoms with Crippen molar-refractivity contribution in [1.29, 1.82) is 0 Å². The molecule has 0 aliphatic heterocycles. The maximum atomic E-state index is 10.9. The van der Waals surface area contributed by atoms with Gasteiger partial charge in [-0.1, -0.05) is 6.07 Å². The minimum atomic E-state index is -0.307. The lowest BCUT2D eigenvalue weighted by molar-refractivity contribution is -0.119. The molecule has 0 aliphatic carbocycles. The van der Waals surface area contributed by atoms with Crippen LogP contribution in [0.1, 0.15) is 25.8 Å². The third kappa shape index (κ3) is 4.66. The van der Waals surface area contributed by atoms with E-state index in [-0.39, 0.29) is 11.4 Å². The lowest BCUT2D eigenvalue weighted by Gasteiger charge is -2.25. The second-order valence-electron chi connectivity index (χ2n) is 4.85. The summed E-state index contributed by atoms with van der Waals surface area (Å²) in [5, 5.41) is 3.31. The molecule has 1 amide bonds. The van der Waals surface area contributed by atoms with Gasteiger partial charge in [0.05, 0.1) is 11.6 Å². The highest BCUT2D eigenvalue weighted by Crippen LogP contribution is 2.25. The molecule has 18 heavy (non-hydrogen) atoms. The van der Waals surface area contributed by atoms with E-state index in [0.717, 1.165) is 15.8 Å². The molecule has 0 aromatic heterocycles. The number of rotatable bonds is 6. The Hall–Kier alpha value is -1.07. The lowest BCUT2D eigenvalue weighted by atomic mass is 10.00. The fourth-order valence-electron chi connectivity index (χ4n) is 1.66. The van der Waals surface area contributed by atoms with Gasteiger partial charge in [0.15, 0.2) is 0 Å². The molecule has 0 spiro atoms. The van der Waals surface area contributed by atoms with E-state index < -0.39 is 0 Å². The Labute approximate surface area is 116 Å². The SMILES string of the molecule is COc1ccc(CNC(C)(C)CC(N)=O)cc1Br. The van der Waals surface area contributed by atoms with Crippen molar-refractivity contribution in [2.45, 2.75) is 32.4 Å². The van der Waals surface area contributed by atoms with E-state index in [0.29, 0.717) is 13.0 Å². The van der Waals surface area contributed by atoms with E-state index in [1.807, 2.05) is 32.0 Å². The van der Waals surface area contributed by atoms with Crippen molar-refractivity contribution >= 4 is 21.8 Å². The van der Waals surface area contributed by atoms with Gasteiger partial charge in [-0.05, 0) is 47.5 Å². The molecule has 0 aliphatic rings. The summed E-state index contributed by atoms with van der Waals surface area (Å²) in [6, 6.07) is 5.88. The molecule has 0 saturated carbocycles. The van der Waals surface area contributed by atoms with Crippen molar-refractivity contribution < 1.29 is 9.53 Å². The third-order valence-electron chi connectivity index (χ3n) is 2.60. The first kappa shape index (κ1) is 15.0. The van der Waals surface area contributed by atoms with Crippen molar-refractivity contribution in [2.75, 3.05) is 7.11 Å². The number of carbonyl (C=O) groups is 1. The second-order valence-corrected chi connectivity index (χ2v) is 5.70. The van der Waals surface area contributed by atoms with Gasteiger partial charge in [0.25, 0.3) is 0 Å². The second kappa shape index (κ2) is 6.20. The van der Waals surface area contributed by atoms with E-state index in [2.05, 4.69) is 21.2 Å². The molecule has 0 radical (unpaired) electrons. The molecular weight excluding hydrogens is 296 g/mol. The van der Waals surface area contributed by atoms with Gasteiger partial charge in [0, 0.05) is 18.5 Å². The Kier molecular flexibility index (Phi) is 5.16. The van der Waals surface area contributed by atoms with Gasteiger partial charge in [0.1, 0.15) is 5.75 Å². The summed E-state index contributed by atoms with van der Waals surface area (Å²) in [6.07, 6.45) is 0.310. The first-order valence-corrected chi connectivity index (χ1v) is 6.49. The molecule has 100 valence electrons. The first-order valence-electron chi connectivity index (χ1n) is 5.70. The predicted octanol–water partition coefficient (Wildman–Crippen LogP) is 2.20. The van der Waals surface area contributed by atoms with Crippen molar-refractivity contribution in [1.82, 2.24) is 5.32 Å². The topological polar surface area (TPSA) is 64.3 Å². The van der Waals surface area contributed by atoms with Gasteiger partial charge >= 0.3 is 0 Å². The Balaban J connectivity index is 2.63. The number of hydrogen-bond acceptors (Lipinski definition) is 3. The van der Waals surface area contributed by atoms with Crippen LogP contribution in [-0.4, -0.2) is 18.6 Å². The van der Waals surface area contributed by atoms with Gasteiger partial charge in [-0.3, -0.25) is 4.79 Å². The zero-order valence-electron chi connectivity index (χ0n) is 10.9. The van der Waals surface area contributed by atoms with Gasteiger partial charge < -0.3 is 15.8 Å². The lowest BCUT2D eigenvalue weighted by Crippen LogP contribution is -2.42. The maximum absolute atomic E-state index is 10.9. The number of nitrogens with one attached hydrogen (secondary N) is 1. The number of carbonyl (C=O) groups excluding carboxylic acids is 1. The number of primary amides is 1. The summed E-state index contributed by atoms with van der Waals surface area (Å²) in [5.74, 6) is 0.499. The monoisotopic (exact) mass is 314 g/mol. The number of hydrogen-bond donors (Lipinski definition) is 2. The van der Waals surface area contributed by atoms with E-state index in [4.69, 9.17) is 10.5 Å². The average Bonchev–Trinajstić information content (AvgIpc) is 2.25. The molecule has 1 aromatic rings. The summed E-state index contributed by atoms with van der Waals surface area (Å²) in [4.78, 5) is 10.9. The number of amides is 1. The van der Waals surface area contributed by atoms with Crippen LogP contribution < -0.4 is 15.8 Å². The molecule has 1 rings (SSSR count). The number of nitrogens with two attached hydrogens (primary N) is 1. The third-order valence-corrected chi connectivity index (χ3v) is 3.22. The summed E-state index contributed by atoms with van der Waals surface area (Å²) >= 11 is 3.44. The van der Waals surface area contributed by atoms with Crippen LogP contribution in [0.3, 0.4) is 0 Å². The number of benzene rings is 1. The number of ether oxygens (including phenoxy) is 1. The van der Waals surface area contributed by atoms with Crippen LogP contribution in [0.25, 0.3) is 0 Å². The van der Waals surface area contributed by atoms with E-state index >= 15 is 0 Å². The standard InChI is InChI=1S/C13H19BrN2O2/c1-13(2,7-12(15)17)16-8-9-4-5-11(18-3)10(14)6-9/h4-6,16H,7-8H2,1-3H3,(H2,15,17). The van der Waals surface area contributed by atoms with Crippen LogP contribution in [0.2, 0.25) is 0 Å². The Morgan fingerprint density at radius 3 is 2.67 bits per heavy atom. The summed E-state index contributed by atoms with van der Waals surface area (Å²) < 4.78 is 6.08. The van der Waals surface area contributed by atoms with Gasteiger partial charge in [-0.25, -0.2) is 0 Å². The molecule has 0 saturated heterocycles. The Morgan fingerprint density at radius 1 is 1.50 bits per heavy atom. The quantitative estimate of drug-likeness (QED) is 0.846. The summed E-state index contributed by atoms with van der Waals surface area (Å²) in [7, 11) is 1.63. The fraction of sp³-hybridized carbons (Fsp3) is 0.462. The molecule has 4 nitrogen and oxygen atoms in total. The molecule has 1 aromatic carbocycles. The molecule has 0 heterocycles. The largest absolute Gasteiger partial charge is 0.496 e. The van der Waals surface area contributed by atoms with Crippen molar-refractivity contribution in [3.63, 3.8) is 0 Å². The van der Waals surface area contributed by atoms with Crippen LogP contribution >= 0.6 is 15.9 Å². The first-order chi connectivity index (χ1) is 8.34. The van der Waals surface area contributed by atoms with Crippen molar-refractivity contribution in [3.8, 4) is 5.75 Å². The van der Waals surface area contributed by atoms with Crippen LogP contribution in [0.5, 0.6) is 5.75 Å². The molecule has 3 N–H and O–H groups in total. The van der Waals surface area contributed by atoms with Crippen molar-refractivity contribution in [3.05, 3.63) is 28.2 Å². The molecule has 0 fully saturated rings. The number of halogens is 1. The molecule has 0 atom stereocenters. The molecule has 0 unspecified atom stereocenters. The summed E-state index contributed by atoms with van der Waals surface area (Å²) in [5.41, 5.74) is 6.01. The Bertz CT molecular complexity index is 433. The minimum absolute atomic E-state index is 0.302. The average molecular weight is 315 g/mol. The van der Waals surface area contributed by atoms with Crippen molar-refractivity contribution in [2.24, 2.45) is 5.73 Å². The van der Waals surface area contributed by atoms with E-state index in [1.54, 1.807) is 7.11 Å². The Morgan fingerprint density at radius 2 is 2.17 bits per heavy atom. The fourth-order valence-corrected chi connectivity index (χ4v) is 2.25. The zero-order valence-corrected chi connectivity index (χ0v) is 12.5. The van der Waals surface area contributed by atoms with Gasteiger partial charge in [-0.15, -0.1) is 0 Å². The predicted molar refractivity (Wildman–Crippen MR) is 75.4 cm³/mol. The highest BCUT2D eigenvalue weighted by atomic mass is 79.9. The van der Waals surface area contributed by atoms with E-state index in [1.165, 1.54) is 0 Å².